The zero-order chi connectivity index (χ0) is 9.68. The molecule has 0 N–H and O–H groups in total. The third-order valence-corrected chi connectivity index (χ3v) is 2.68. The number of halogens is 1. The second kappa shape index (κ2) is 5.55. The minimum Gasteiger partial charge on any atom is -0.383 e. The zero-order valence-corrected chi connectivity index (χ0v) is 8.63. The molecule has 1 aliphatic heterocycles. The molecule has 1 heterocycles. The van der Waals surface area contributed by atoms with Gasteiger partial charge < -0.3 is 4.74 Å². The number of nitrogens with zero attached hydrogens (tertiary/aromatic N) is 1. The first-order valence-corrected chi connectivity index (χ1v) is 5.11. The molecular weight excluding hydrogens is 169 g/mol. The quantitative estimate of drug-likeness (QED) is 0.671. The van der Waals surface area contributed by atoms with Gasteiger partial charge in [-0.2, -0.15) is 0 Å². The number of rotatable bonds is 3. The van der Waals surface area contributed by atoms with Crippen molar-refractivity contribution in [3.63, 3.8) is 0 Å². The van der Waals surface area contributed by atoms with Gasteiger partial charge >= 0.3 is 0 Å². The van der Waals surface area contributed by atoms with Crippen LogP contribution in [0.5, 0.6) is 0 Å². The van der Waals surface area contributed by atoms with E-state index < -0.39 is 6.17 Å². The highest BCUT2D eigenvalue weighted by Gasteiger charge is 2.20. The zero-order valence-electron chi connectivity index (χ0n) is 8.63. The molecule has 1 fully saturated rings. The van der Waals surface area contributed by atoms with Crippen LogP contribution in [0.25, 0.3) is 0 Å². The van der Waals surface area contributed by atoms with Crippen LogP contribution in [0.1, 0.15) is 26.2 Å². The number of methoxy groups -OCH3 is 1. The van der Waals surface area contributed by atoms with Gasteiger partial charge in [0, 0.05) is 19.7 Å². The fourth-order valence-electron chi connectivity index (χ4n) is 1.86. The van der Waals surface area contributed by atoms with Crippen LogP contribution in [0.4, 0.5) is 4.39 Å². The Hall–Kier alpha value is -0.150. The predicted molar refractivity (Wildman–Crippen MR) is 51.7 cm³/mol. The van der Waals surface area contributed by atoms with Crippen LogP contribution in [-0.4, -0.2) is 43.9 Å². The van der Waals surface area contributed by atoms with Crippen LogP contribution in [0, 0.1) is 0 Å². The molecular formula is C10H20FNO. The molecule has 0 amide bonds. The fourth-order valence-corrected chi connectivity index (χ4v) is 1.86. The van der Waals surface area contributed by atoms with Crippen LogP contribution >= 0.6 is 0 Å². The molecule has 3 heteroatoms. The van der Waals surface area contributed by atoms with Crippen LogP contribution in [0.2, 0.25) is 0 Å². The molecule has 0 radical (unpaired) electrons. The molecule has 1 saturated heterocycles. The first kappa shape index (κ1) is 10.9. The van der Waals surface area contributed by atoms with E-state index in [1.54, 1.807) is 7.11 Å². The van der Waals surface area contributed by atoms with Crippen molar-refractivity contribution in [3.8, 4) is 0 Å². The van der Waals surface area contributed by atoms with Gasteiger partial charge in [-0.3, -0.25) is 4.90 Å². The highest BCUT2D eigenvalue weighted by molar-refractivity contribution is 4.74. The smallest absolute Gasteiger partial charge is 0.113 e. The van der Waals surface area contributed by atoms with E-state index in [1.807, 2.05) is 0 Å². The molecule has 0 aliphatic carbocycles. The maximum Gasteiger partial charge on any atom is 0.113 e. The number of ether oxygens (including phenoxy) is 1. The van der Waals surface area contributed by atoms with E-state index in [-0.39, 0.29) is 0 Å². The molecule has 2 unspecified atom stereocenters. The molecule has 2 atom stereocenters. The monoisotopic (exact) mass is 189 g/mol. The number of hydrogen-bond donors (Lipinski definition) is 0. The highest BCUT2D eigenvalue weighted by Crippen LogP contribution is 2.15. The topological polar surface area (TPSA) is 12.5 Å². The Bertz CT molecular complexity index is 143. The summed E-state index contributed by atoms with van der Waals surface area (Å²) in [5.74, 6) is 0. The summed E-state index contributed by atoms with van der Waals surface area (Å²) in [6.07, 6.45) is 2.24. The van der Waals surface area contributed by atoms with E-state index in [9.17, 15) is 4.39 Å². The minimum atomic E-state index is -0.637. The Morgan fingerprint density at radius 2 is 2.31 bits per heavy atom. The lowest BCUT2D eigenvalue weighted by molar-refractivity contribution is 0.0870. The van der Waals surface area contributed by atoms with Crippen LogP contribution in [0.3, 0.4) is 0 Å². The minimum absolute atomic E-state index is 0.348. The Kier molecular flexibility index (Phi) is 4.67. The second-order valence-electron chi connectivity index (χ2n) is 3.89. The normalized spacial score (nSPS) is 28.4. The van der Waals surface area contributed by atoms with Crippen molar-refractivity contribution in [3.05, 3.63) is 0 Å². The van der Waals surface area contributed by atoms with Gasteiger partial charge in [0.25, 0.3) is 0 Å². The van der Waals surface area contributed by atoms with Gasteiger partial charge in [-0.25, -0.2) is 4.39 Å². The summed E-state index contributed by atoms with van der Waals surface area (Å²) < 4.78 is 18.3. The lowest BCUT2D eigenvalue weighted by atomic mass is 10.2. The first-order chi connectivity index (χ1) is 6.24. The number of hydrogen-bond acceptors (Lipinski definition) is 2. The van der Waals surface area contributed by atoms with Crippen LogP contribution in [-0.2, 0) is 4.74 Å². The van der Waals surface area contributed by atoms with Gasteiger partial charge in [0.1, 0.15) is 6.17 Å². The van der Waals surface area contributed by atoms with Crippen molar-refractivity contribution in [1.82, 2.24) is 4.90 Å². The summed E-state index contributed by atoms with van der Waals surface area (Å²) in [6.45, 7) is 4.41. The van der Waals surface area contributed by atoms with Gasteiger partial charge in [-0.15, -0.1) is 0 Å². The summed E-state index contributed by atoms with van der Waals surface area (Å²) >= 11 is 0. The maximum absolute atomic E-state index is 13.2. The number of likely N-dealkylation sites (tertiary alicyclic amines) is 1. The van der Waals surface area contributed by atoms with Crippen molar-refractivity contribution in [2.75, 3.05) is 26.8 Å². The molecule has 78 valence electrons. The molecule has 0 saturated carbocycles. The van der Waals surface area contributed by atoms with Crippen molar-refractivity contribution in [1.29, 1.82) is 0 Å². The third-order valence-electron chi connectivity index (χ3n) is 2.68. The van der Waals surface area contributed by atoms with Crippen LogP contribution < -0.4 is 0 Å². The molecule has 0 aromatic carbocycles. The largest absolute Gasteiger partial charge is 0.383 e. The summed E-state index contributed by atoms with van der Waals surface area (Å²) in [4.78, 5) is 2.20. The van der Waals surface area contributed by atoms with E-state index in [4.69, 9.17) is 4.74 Å². The molecule has 13 heavy (non-hydrogen) atoms. The van der Waals surface area contributed by atoms with E-state index >= 15 is 0 Å². The molecule has 0 spiro atoms. The summed E-state index contributed by atoms with van der Waals surface area (Å²) in [7, 11) is 1.70. The van der Waals surface area contributed by atoms with Gasteiger partial charge in [0.15, 0.2) is 0 Å². The molecule has 0 aromatic rings. The van der Waals surface area contributed by atoms with E-state index in [0.717, 1.165) is 25.8 Å². The van der Waals surface area contributed by atoms with Gasteiger partial charge in [0.2, 0.25) is 0 Å². The Balaban J connectivity index is 2.37. The lowest BCUT2D eigenvalue weighted by Crippen LogP contribution is -2.39. The second-order valence-corrected chi connectivity index (χ2v) is 3.89. The molecule has 0 bridgehead atoms. The fraction of sp³-hybridized carbons (Fsp3) is 1.00. The van der Waals surface area contributed by atoms with Gasteiger partial charge in [0.05, 0.1) is 6.61 Å². The Morgan fingerprint density at radius 1 is 1.54 bits per heavy atom. The summed E-state index contributed by atoms with van der Waals surface area (Å²) in [5, 5.41) is 0. The van der Waals surface area contributed by atoms with Gasteiger partial charge in [-0.1, -0.05) is 0 Å². The molecule has 1 aliphatic rings. The Labute approximate surface area is 80.1 Å². The molecule has 2 nitrogen and oxygen atoms in total. The van der Waals surface area contributed by atoms with Gasteiger partial charge in [-0.05, 0) is 32.7 Å². The lowest BCUT2D eigenvalue weighted by Gasteiger charge is -2.27. The van der Waals surface area contributed by atoms with Crippen molar-refractivity contribution < 1.29 is 9.13 Å². The van der Waals surface area contributed by atoms with Crippen LogP contribution in [0.15, 0.2) is 0 Å². The van der Waals surface area contributed by atoms with Crippen molar-refractivity contribution >= 4 is 0 Å². The Morgan fingerprint density at radius 3 is 3.00 bits per heavy atom. The summed E-state index contributed by atoms with van der Waals surface area (Å²) in [5.41, 5.74) is 0. The first-order valence-electron chi connectivity index (χ1n) is 5.11. The van der Waals surface area contributed by atoms with E-state index in [0.29, 0.717) is 19.2 Å². The van der Waals surface area contributed by atoms with E-state index in [2.05, 4.69) is 11.8 Å². The summed E-state index contributed by atoms with van der Waals surface area (Å²) in [6, 6.07) is 0.348. The van der Waals surface area contributed by atoms with E-state index in [1.165, 1.54) is 0 Å². The molecule has 0 aromatic heterocycles. The molecule has 1 rings (SSSR count). The van der Waals surface area contributed by atoms with Crippen molar-refractivity contribution in [2.24, 2.45) is 0 Å². The average Bonchev–Trinajstić information content (AvgIpc) is 2.30. The number of alkyl halides is 1. The van der Waals surface area contributed by atoms with Crippen molar-refractivity contribution in [2.45, 2.75) is 38.4 Å². The third kappa shape index (κ3) is 3.61. The maximum atomic E-state index is 13.2. The predicted octanol–water partition coefficient (Wildman–Crippen LogP) is 1.85. The average molecular weight is 189 g/mol. The standard InChI is InChI=1S/C10H20FNO/c1-9(8-13-2)12-6-4-3-5-10(11)7-12/h9-10H,3-8H2,1-2H3. The highest BCUT2D eigenvalue weighted by atomic mass is 19.1. The SMILES string of the molecule is COCC(C)N1CCCCC(F)C1.